The molecule has 1 atom stereocenters. The van der Waals surface area contributed by atoms with Gasteiger partial charge in [-0.2, -0.15) is 0 Å². The third-order valence-corrected chi connectivity index (χ3v) is 14.0. The number of nitrogens with zero attached hydrogens (tertiary/aromatic N) is 2. The summed E-state index contributed by atoms with van der Waals surface area (Å²) in [5, 5.41) is 0.0604. The van der Waals surface area contributed by atoms with Crippen molar-refractivity contribution in [2.45, 2.75) is 73.7 Å². The van der Waals surface area contributed by atoms with Crippen LogP contribution in [0.3, 0.4) is 0 Å². The molecule has 2 aromatic carbocycles. The van der Waals surface area contributed by atoms with Crippen molar-refractivity contribution in [3.8, 4) is 5.75 Å². The van der Waals surface area contributed by atoms with Gasteiger partial charge in [0.25, 0.3) is 14.2 Å². The third kappa shape index (κ3) is 5.17. The Morgan fingerprint density at radius 3 is 2.46 bits per heavy atom. The van der Waals surface area contributed by atoms with Gasteiger partial charge < -0.3 is 14.2 Å². The fraction of sp³-hybridized carbons (Fsp3) is 0.444. The smallest absolute Gasteiger partial charge is 0.261 e. The Balaban J connectivity index is 1.86. The number of rotatable bonds is 6. The summed E-state index contributed by atoms with van der Waals surface area (Å²) >= 11 is 7.92. The number of carbonyl (C=O) groups is 1. The van der Waals surface area contributed by atoms with E-state index in [0.29, 0.717) is 6.54 Å². The zero-order valence-electron chi connectivity index (χ0n) is 21.7. The van der Waals surface area contributed by atoms with Crippen molar-refractivity contribution in [3.63, 3.8) is 0 Å². The van der Waals surface area contributed by atoms with Gasteiger partial charge in [0.15, 0.2) is 0 Å². The lowest BCUT2D eigenvalue weighted by atomic mass is 10.1. The van der Waals surface area contributed by atoms with E-state index in [-0.39, 0.29) is 15.7 Å². The Kier molecular flexibility index (Phi) is 7.68. The topological polar surface area (TPSA) is 32.8 Å². The van der Waals surface area contributed by atoms with Crippen molar-refractivity contribution in [2.75, 3.05) is 18.0 Å². The van der Waals surface area contributed by atoms with Crippen LogP contribution in [0.2, 0.25) is 18.1 Å². The van der Waals surface area contributed by atoms with Crippen LogP contribution in [0.25, 0.3) is 6.08 Å². The molecule has 0 bridgehead atoms. The van der Waals surface area contributed by atoms with Crippen LogP contribution >= 0.6 is 36.2 Å². The van der Waals surface area contributed by atoms with Crippen LogP contribution in [0.1, 0.15) is 46.6 Å². The number of thioether (sulfide) groups is 1. The van der Waals surface area contributed by atoms with Gasteiger partial charge in [-0.1, -0.05) is 63.4 Å². The maximum absolute atomic E-state index is 13.0. The Labute approximate surface area is 225 Å². The first kappa shape index (κ1) is 26.6. The van der Waals surface area contributed by atoms with Gasteiger partial charge in [-0.3, -0.25) is 4.79 Å². The van der Waals surface area contributed by atoms with E-state index in [9.17, 15) is 4.79 Å². The average Bonchev–Trinajstić information content (AvgIpc) is 3.05. The second-order valence-corrected chi connectivity index (χ2v) is 18.3. The number of anilines is 2. The molecular formula is C27H36N2O2S3Si. The van der Waals surface area contributed by atoms with Gasteiger partial charge >= 0.3 is 0 Å². The van der Waals surface area contributed by atoms with Crippen LogP contribution in [-0.4, -0.2) is 36.9 Å². The van der Waals surface area contributed by atoms with E-state index in [1.54, 1.807) is 16.7 Å². The van der Waals surface area contributed by atoms with Gasteiger partial charge in [-0.15, -0.1) is 12.6 Å². The van der Waals surface area contributed by atoms with E-state index < -0.39 is 8.32 Å². The molecule has 0 aromatic heterocycles. The molecule has 0 spiro atoms. The van der Waals surface area contributed by atoms with Crippen molar-refractivity contribution in [3.05, 3.63) is 46.9 Å². The largest absolute Gasteiger partial charge is 0.543 e. The van der Waals surface area contributed by atoms with Crippen LogP contribution in [0.5, 0.6) is 5.75 Å². The maximum atomic E-state index is 13.0. The summed E-state index contributed by atoms with van der Waals surface area (Å²) in [7, 11) is -2.11. The minimum atomic E-state index is -2.11. The van der Waals surface area contributed by atoms with Gasteiger partial charge in [-0.05, 0) is 55.8 Å². The summed E-state index contributed by atoms with van der Waals surface area (Å²) in [6, 6.07) is 13.0. The minimum absolute atomic E-state index is 0.0408. The molecule has 1 fully saturated rings. The molecule has 4 nitrogen and oxygen atoms in total. The quantitative estimate of drug-likeness (QED) is 0.225. The van der Waals surface area contributed by atoms with Gasteiger partial charge in [0, 0.05) is 34.5 Å². The van der Waals surface area contributed by atoms with E-state index in [4.69, 9.17) is 4.43 Å². The van der Waals surface area contributed by atoms with Gasteiger partial charge in [0.05, 0.1) is 16.3 Å². The van der Waals surface area contributed by atoms with Gasteiger partial charge in [0.2, 0.25) is 0 Å². The monoisotopic (exact) mass is 544 g/mol. The molecule has 1 unspecified atom stereocenters. The molecule has 2 aromatic rings. The fourth-order valence-electron chi connectivity index (χ4n) is 3.97. The van der Waals surface area contributed by atoms with E-state index in [0.717, 1.165) is 29.2 Å². The molecule has 8 heteroatoms. The van der Waals surface area contributed by atoms with Crippen molar-refractivity contribution in [1.82, 2.24) is 4.90 Å². The van der Waals surface area contributed by atoms with E-state index in [1.165, 1.54) is 32.9 Å². The van der Waals surface area contributed by atoms with E-state index in [1.807, 2.05) is 13.0 Å². The molecule has 2 aliphatic rings. The fourth-order valence-corrected chi connectivity index (χ4v) is 7.75. The number of benzene rings is 2. The molecule has 0 saturated carbocycles. The van der Waals surface area contributed by atoms with Crippen LogP contribution in [0.4, 0.5) is 11.4 Å². The van der Waals surface area contributed by atoms with Crippen LogP contribution in [0.15, 0.2) is 51.1 Å². The highest BCUT2D eigenvalue weighted by Gasteiger charge is 2.40. The SMILES string of the molecule is CCCN1c2ccccc2Sc2cc(/C=C3/SC(S)N(CC)C3=O)c(O[Si](C)(C)C(C)(C)C)cc21. The highest BCUT2D eigenvalue weighted by atomic mass is 32.2. The Morgan fingerprint density at radius 2 is 1.83 bits per heavy atom. The molecular weight excluding hydrogens is 509 g/mol. The number of likely N-dealkylation sites (N-methyl/N-ethyl adjacent to an activating group) is 1. The Hall–Kier alpha value is -1.48. The third-order valence-electron chi connectivity index (χ3n) is 6.97. The second-order valence-electron chi connectivity index (χ2n) is 10.5. The normalized spacial score (nSPS) is 19.3. The number of carbonyl (C=O) groups excluding carboxylic acids is 1. The van der Waals surface area contributed by atoms with Gasteiger partial charge in [0.1, 0.15) is 10.5 Å². The van der Waals surface area contributed by atoms with E-state index in [2.05, 4.69) is 94.7 Å². The number of fused-ring (bicyclic) bond motifs is 2. The van der Waals surface area contributed by atoms with Crippen molar-refractivity contribution in [1.29, 1.82) is 0 Å². The molecule has 0 N–H and O–H groups in total. The number of hydrogen-bond acceptors (Lipinski definition) is 6. The molecule has 35 heavy (non-hydrogen) atoms. The number of hydrogen-bond donors (Lipinski definition) is 1. The Bertz CT molecular complexity index is 1160. The van der Waals surface area contributed by atoms with Crippen LogP contribution in [0, 0.1) is 0 Å². The standard InChI is InChI=1S/C27H36N2O2S3Si/c1-8-14-29-19-12-10-11-13-22(19)33-23-15-18(16-24-25(30)28(9-2)26(32)34-24)21(17-20(23)29)31-35(6,7)27(3,4)5/h10-13,15-17,26,32H,8-9,14H2,1-7H3/b24-16+. The summed E-state index contributed by atoms with van der Waals surface area (Å²) in [4.78, 5) is 20.4. The molecule has 2 heterocycles. The predicted molar refractivity (Wildman–Crippen MR) is 158 cm³/mol. The molecule has 1 amide bonds. The molecule has 1 saturated heterocycles. The molecule has 2 aliphatic heterocycles. The summed E-state index contributed by atoms with van der Waals surface area (Å²) < 4.78 is 6.76. The van der Waals surface area contributed by atoms with Crippen molar-refractivity contribution >= 4 is 67.8 Å². The highest BCUT2D eigenvalue weighted by molar-refractivity contribution is 8.14. The lowest BCUT2D eigenvalue weighted by Crippen LogP contribution is -2.44. The molecule has 0 aliphatic carbocycles. The summed E-state index contributed by atoms with van der Waals surface area (Å²) in [5.74, 6) is 0.905. The maximum Gasteiger partial charge on any atom is 0.261 e. The summed E-state index contributed by atoms with van der Waals surface area (Å²) in [6.07, 6.45) is 3.06. The minimum Gasteiger partial charge on any atom is -0.543 e. The van der Waals surface area contributed by atoms with Gasteiger partial charge in [-0.25, -0.2) is 0 Å². The summed E-state index contributed by atoms with van der Waals surface area (Å²) in [5.41, 5.74) is 3.39. The lowest BCUT2D eigenvalue weighted by Gasteiger charge is -2.38. The van der Waals surface area contributed by atoms with Crippen LogP contribution in [-0.2, 0) is 4.79 Å². The number of para-hydroxylation sites is 1. The van der Waals surface area contributed by atoms with Crippen LogP contribution < -0.4 is 9.33 Å². The second kappa shape index (κ2) is 10.1. The Morgan fingerprint density at radius 1 is 1.11 bits per heavy atom. The van der Waals surface area contributed by atoms with Crippen molar-refractivity contribution < 1.29 is 9.22 Å². The first-order chi connectivity index (χ1) is 16.5. The highest BCUT2D eigenvalue weighted by Crippen LogP contribution is 2.51. The molecule has 4 rings (SSSR count). The first-order valence-electron chi connectivity index (χ1n) is 12.3. The zero-order valence-corrected chi connectivity index (χ0v) is 25.2. The number of thiol groups is 1. The molecule has 188 valence electrons. The zero-order chi connectivity index (χ0) is 25.5. The lowest BCUT2D eigenvalue weighted by molar-refractivity contribution is -0.124. The van der Waals surface area contributed by atoms with E-state index >= 15 is 0 Å². The summed E-state index contributed by atoms with van der Waals surface area (Å²) in [6.45, 7) is 17.1. The number of amides is 1. The predicted octanol–water partition coefficient (Wildman–Crippen LogP) is 8.23. The average molecular weight is 545 g/mol. The first-order valence-corrected chi connectivity index (χ1v) is 17.4. The van der Waals surface area contributed by atoms with Crippen molar-refractivity contribution in [2.24, 2.45) is 0 Å². The molecule has 0 radical (unpaired) electrons.